The van der Waals surface area contributed by atoms with E-state index in [0.717, 1.165) is 12.1 Å². The molecule has 1 aliphatic rings. The first-order valence-corrected chi connectivity index (χ1v) is 6.49. The lowest BCUT2D eigenvalue weighted by molar-refractivity contribution is -0.139. The highest BCUT2D eigenvalue weighted by Crippen LogP contribution is 2.36. The quantitative estimate of drug-likeness (QED) is 0.876. The molecule has 0 atom stereocenters. The van der Waals surface area contributed by atoms with E-state index in [0.29, 0.717) is 0 Å². The number of carboxylic acids is 1. The summed E-state index contributed by atoms with van der Waals surface area (Å²) in [7, 11) is 0. The molecule has 0 bridgehead atoms. The van der Waals surface area contributed by atoms with Gasteiger partial charge in [-0.1, -0.05) is 6.07 Å². The molecule has 1 aromatic carbocycles. The summed E-state index contributed by atoms with van der Waals surface area (Å²) in [6, 6.07) is 3.04. The zero-order valence-corrected chi connectivity index (χ0v) is 11.2. The lowest BCUT2D eigenvalue weighted by Gasteiger charge is -2.36. The Morgan fingerprint density at radius 1 is 1.29 bits per heavy atom. The minimum Gasteiger partial charge on any atom is -0.480 e. The maximum Gasteiger partial charge on any atom is 0.322 e. The summed E-state index contributed by atoms with van der Waals surface area (Å²) in [5.41, 5.74) is -1.17. The van der Waals surface area contributed by atoms with Crippen molar-refractivity contribution in [3.8, 4) is 0 Å². The number of hydrogen-bond donors (Lipinski definition) is 2. The molecule has 2 N–H and O–H groups in total. The monoisotopic (exact) mass is 299 g/mol. The van der Waals surface area contributed by atoms with E-state index >= 15 is 0 Å². The van der Waals surface area contributed by atoms with Gasteiger partial charge in [-0.3, -0.25) is 9.59 Å². The minimum atomic E-state index is -1.23. The van der Waals surface area contributed by atoms with Crippen LogP contribution in [-0.4, -0.2) is 36.7 Å². The van der Waals surface area contributed by atoms with Crippen LogP contribution in [0.5, 0.6) is 0 Å². The Labute approximate surface area is 119 Å². The van der Waals surface area contributed by atoms with E-state index in [4.69, 9.17) is 9.84 Å². The van der Waals surface area contributed by atoms with Crippen molar-refractivity contribution in [2.45, 2.75) is 18.3 Å². The molecule has 7 heteroatoms. The van der Waals surface area contributed by atoms with Gasteiger partial charge in [-0.15, -0.1) is 0 Å². The van der Waals surface area contributed by atoms with Crippen molar-refractivity contribution in [3.63, 3.8) is 0 Å². The third-order valence-corrected chi connectivity index (χ3v) is 3.63. The zero-order valence-electron chi connectivity index (χ0n) is 11.2. The number of aliphatic carboxylic acids is 1. The molecule has 0 aliphatic carbocycles. The van der Waals surface area contributed by atoms with Crippen LogP contribution in [0.3, 0.4) is 0 Å². The fraction of sp³-hybridized carbons (Fsp3) is 0.429. The van der Waals surface area contributed by atoms with Crippen LogP contribution in [0.4, 0.5) is 8.78 Å². The van der Waals surface area contributed by atoms with Gasteiger partial charge in [-0.05, 0) is 18.9 Å². The van der Waals surface area contributed by atoms with Gasteiger partial charge in [-0.25, -0.2) is 8.78 Å². The summed E-state index contributed by atoms with van der Waals surface area (Å²) in [6.45, 7) is -0.0567. The molecule has 1 saturated heterocycles. The molecule has 0 saturated carbocycles. The van der Waals surface area contributed by atoms with E-state index < -0.39 is 35.5 Å². The maximum atomic E-state index is 14.1. The van der Waals surface area contributed by atoms with Crippen molar-refractivity contribution in [3.05, 3.63) is 35.4 Å². The average molecular weight is 299 g/mol. The van der Waals surface area contributed by atoms with E-state index in [9.17, 15) is 18.4 Å². The molecular formula is C14H15F2NO4. The summed E-state index contributed by atoms with van der Waals surface area (Å²) in [5, 5.41) is 10.9. The third-order valence-electron chi connectivity index (χ3n) is 3.63. The standard InChI is InChI=1S/C14H15F2NO4/c15-9-1-2-10(11(16)7-9)14(3-5-21-6-4-14)13(20)17-8-12(18)19/h1-2,7H,3-6,8H2,(H,17,20)(H,18,19). The third kappa shape index (κ3) is 3.18. The number of rotatable bonds is 4. The molecule has 1 heterocycles. The topological polar surface area (TPSA) is 75.6 Å². The van der Waals surface area contributed by atoms with Crippen molar-refractivity contribution in [1.29, 1.82) is 0 Å². The van der Waals surface area contributed by atoms with Gasteiger partial charge < -0.3 is 15.2 Å². The number of nitrogens with one attached hydrogen (secondary N) is 1. The highest BCUT2D eigenvalue weighted by atomic mass is 19.1. The van der Waals surface area contributed by atoms with Crippen molar-refractivity contribution in [2.24, 2.45) is 0 Å². The van der Waals surface area contributed by atoms with E-state index in [1.807, 2.05) is 0 Å². The predicted octanol–water partition coefficient (Wildman–Crippen LogP) is 1.21. The van der Waals surface area contributed by atoms with Crippen LogP contribution in [0.1, 0.15) is 18.4 Å². The number of hydrogen-bond acceptors (Lipinski definition) is 3. The normalized spacial score (nSPS) is 17.2. The van der Waals surface area contributed by atoms with Crippen molar-refractivity contribution in [1.82, 2.24) is 5.32 Å². The second-order valence-corrected chi connectivity index (χ2v) is 4.90. The second-order valence-electron chi connectivity index (χ2n) is 4.90. The van der Waals surface area contributed by atoms with Crippen LogP contribution in [0.25, 0.3) is 0 Å². The van der Waals surface area contributed by atoms with Crippen LogP contribution >= 0.6 is 0 Å². The fourth-order valence-corrected chi connectivity index (χ4v) is 2.54. The van der Waals surface area contributed by atoms with Gasteiger partial charge in [0.05, 0.1) is 5.41 Å². The molecule has 114 valence electrons. The minimum absolute atomic E-state index is 0.0649. The molecule has 0 spiro atoms. The molecule has 21 heavy (non-hydrogen) atoms. The highest BCUT2D eigenvalue weighted by Gasteiger charge is 2.43. The summed E-state index contributed by atoms with van der Waals surface area (Å²) in [6.07, 6.45) is 0.419. The van der Waals surface area contributed by atoms with Crippen molar-refractivity contribution >= 4 is 11.9 Å². The lowest BCUT2D eigenvalue weighted by Crippen LogP contribution is -2.49. The second kappa shape index (κ2) is 6.17. The smallest absolute Gasteiger partial charge is 0.322 e. The van der Waals surface area contributed by atoms with E-state index in [2.05, 4.69) is 5.32 Å². The molecule has 0 unspecified atom stereocenters. The SMILES string of the molecule is O=C(O)CNC(=O)C1(c2ccc(F)cc2F)CCOCC1. The summed E-state index contributed by atoms with van der Waals surface area (Å²) < 4.78 is 32.3. The van der Waals surface area contributed by atoms with Crippen molar-refractivity contribution < 1.29 is 28.2 Å². The van der Waals surface area contributed by atoms with Gasteiger partial charge >= 0.3 is 5.97 Å². The molecule has 5 nitrogen and oxygen atoms in total. The first-order chi connectivity index (χ1) is 9.95. The van der Waals surface area contributed by atoms with Gasteiger partial charge in [0.25, 0.3) is 0 Å². The predicted molar refractivity (Wildman–Crippen MR) is 68.7 cm³/mol. The van der Waals surface area contributed by atoms with Crippen LogP contribution in [0.2, 0.25) is 0 Å². The number of carbonyl (C=O) groups excluding carboxylic acids is 1. The van der Waals surface area contributed by atoms with Gasteiger partial charge in [-0.2, -0.15) is 0 Å². The number of carboxylic acid groups (broad SMARTS) is 1. The molecule has 1 amide bonds. The van der Waals surface area contributed by atoms with Crippen LogP contribution in [-0.2, 0) is 19.7 Å². The number of amides is 1. The molecule has 1 fully saturated rings. The number of halogens is 2. The zero-order chi connectivity index (χ0) is 15.5. The largest absolute Gasteiger partial charge is 0.480 e. The van der Waals surface area contributed by atoms with Gasteiger partial charge in [0.15, 0.2) is 0 Å². The number of carbonyl (C=O) groups is 2. The maximum absolute atomic E-state index is 14.1. The van der Waals surface area contributed by atoms with Gasteiger partial charge in [0.1, 0.15) is 18.2 Å². The molecule has 1 aliphatic heterocycles. The van der Waals surface area contributed by atoms with Crippen molar-refractivity contribution in [2.75, 3.05) is 19.8 Å². The average Bonchev–Trinajstić information content (AvgIpc) is 2.45. The first kappa shape index (κ1) is 15.4. The summed E-state index contributed by atoms with van der Waals surface area (Å²) >= 11 is 0. The first-order valence-electron chi connectivity index (χ1n) is 6.49. The Hall–Kier alpha value is -2.02. The Morgan fingerprint density at radius 2 is 1.95 bits per heavy atom. The Morgan fingerprint density at radius 3 is 2.52 bits per heavy atom. The molecule has 0 aromatic heterocycles. The highest BCUT2D eigenvalue weighted by molar-refractivity contribution is 5.90. The number of benzene rings is 1. The van der Waals surface area contributed by atoms with E-state index in [1.54, 1.807) is 0 Å². The number of ether oxygens (including phenoxy) is 1. The van der Waals surface area contributed by atoms with Crippen LogP contribution in [0, 0.1) is 11.6 Å². The fourth-order valence-electron chi connectivity index (χ4n) is 2.54. The van der Waals surface area contributed by atoms with Crippen LogP contribution in [0.15, 0.2) is 18.2 Å². The lowest BCUT2D eigenvalue weighted by atomic mass is 9.73. The Kier molecular flexibility index (Phi) is 4.52. The molecule has 2 rings (SSSR count). The van der Waals surface area contributed by atoms with Gasteiger partial charge in [0.2, 0.25) is 5.91 Å². The summed E-state index contributed by atoms with van der Waals surface area (Å²) in [4.78, 5) is 22.9. The van der Waals surface area contributed by atoms with Crippen LogP contribution < -0.4 is 5.32 Å². The molecule has 1 aromatic rings. The summed E-state index contributed by atoms with van der Waals surface area (Å²) in [5.74, 6) is -3.32. The molecular weight excluding hydrogens is 284 g/mol. The van der Waals surface area contributed by atoms with E-state index in [-0.39, 0.29) is 31.6 Å². The Bertz CT molecular complexity index is 556. The molecule has 0 radical (unpaired) electrons. The van der Waals surface area contributed by atoms with Gasteiger partial charge in [0, 0.05) is 24.8 Å². The Balaban J connectivity index is 2.36. The van der Waals surface area contributed by atoms with E-state index in [1.165, 1.54) is 6.07 Å².